The molecule has 0 saturated carbocycles. The Kier molecular flexibility index (Phi) is 8.30. The highest BCUT2D eigenvalue weighted by Crippen LogP contribution is 2.35. The number of carbonyl (C=O) groups excluding carboxylic acids is 1. The summed E-state index contributed by atoms with van der Waals surface area (Å²) in [6, 6.07) is 9.03. The number of benzene rings is 2. The van der Waals surface area contributed by atoms with Gasteiger partial charge in [0, 0.05) is 67.1 Å². The number of hydrogen-bond donors (Lipinski definition) is 0. The second kappa shape index (κ2) is 11.4. The molecule has 0 bridgehead atoms. The summed E-state index contributed by atoms with van der Waals surface area (Å²) < 4.78 is 12.5. The lowest BCUT2D eigenvalue weighted by Crippen LogP contribution is -2.48. The molecule has 0 atom stereocenters. The van der Waals surface area contributed by atoms with Crippen molar-refractivity contribution in [1.82, 2.24) is 4.90 Å². The van der Waals surface area contributed by atoms with Crippen LogP contribution in [0.3, 0.4) is 0 Å². The molecular weight excluding hydrogens is 584 g/mol. The quantitative estimate of drug-likeness (QED) is 0.274. The number of anilines is 2. The van der Waals surface area contributed by atoms with Crippen LogP contribution in [0, 0.1) is 10.1 Å². The molecule has 0 aromatic heterocycles. The summed E-state index contributed by atoms with van der Waals surface area (Å²) >= 11 is 6.94. The molecule has 2 aromatic rings. The van der Waals surface area contributed by atoms with Crippen molar-refractivity contribution in [2.75, 3.05) is 69.4 Å². The zero-order chi connectivity index (χ0) is 24.9. The van der Waals surface area contributed by atoms with Crippen LogP contribution in [0.1, 0.15) is 5.56 Å². The molecule has 1 amide bonds. The second-order valence-electron chi connectivity index (χ2n) is 8.19. The SMILES string of the molecule is COc1c(Br)cc(Br)cc1/C=C/C(=O)N1CCN(c2ccc([N+](=O)[O-])c(N3CCOCC3)c2)CC1. The van der Waals surface area contributed by atoms with Crippen molar-refractivity contribution < 1.29 is 19.2 Å². The highest BCUT2D eigenvalue weighted by molar-refractivity contribution is 9.11. The Bertz CT molecular complexity index is 1130. The predicted molar refractivity (Wildman–Crippen MR) is 142 cm³/mol. The molecule has 2 aliphatic rings. The summed E-state index contributed by atoms with van der Waals surface area (Å²) in [6.45, 7) is 4.77. The summed E-state index contributed by atoms with van der Waals surface area (Å²) in [5.41, 5.74) is 2.43. The van der Waals surface area contributed by atoms with E-state index in [4.69, 9.17) is 9.47 Å². The van der Waals surface area contributed by atoms with E-state index in [0.717, 1.165) is 20.2 Å². The van der Waals surface area contributed by atoms with Crippen LogP contribution in [0.4, 0.5) is 17.1 Å². The summed E-state index contributed by atoms with van der Waals surface area (Å²) in [5.74, 6) is 0.594. The van der Waals surface area contributed by atoms with Crippen molar-refractivity contribution in [2.24, 2.45) is 0 Å². The average Bonchev–Trinajstić information content (AvgIpc) is 2.87. The second-order valence-corrected chi connectivity index (χ2v) is 9.96. The molecule has 35 heavy (non-hydrogen) atoms. The van der Waals surface area contributed by atoms with E-state index < -0.39 is 0 Å². The number of carbonyl (C=O) groups is 1. The number of nitro groups is 1. The van der Waals surface area contributed by atoms with E-state index in [1.807, 2.05) is 23.1 Å². The fraction of sp³-hybridized carbons (Fsp3) is 0.375. The lowest BCUT2D eigenvalue weighted by Gasteiger charge is -2.36. The van der Waals surface area contributed by atoms with Crippen LogP contribution in [0.15, 0.2) is 45.4 Å². The van der Waals surface area contributed by atoms with Gasteiger partial charge >= 0.3 is 0 Å². The Hall–Kier alpha value is -2.63. The van der Waals surface area contributed by atoms with E-state index in [0.29, 0.717) is 63.9 Å². The van der Waals surface area contributed by atoms with Gasteiger partial charge < -0.3 is 24.2 Å². The number of ether oxygens (including phenoxy) is 2. The topological polar surface area (TPSA) is 88.4 Å². The Morgan fingerprint density at radius 3 is 2.43 bits per heavy atom. The largest absolute Gasteiger partial charge is 0.495 e. The van der Waals surface area contributed by atoms with Gasteiger partial charge in [-0.05, 0) is 46.3 Å². The molecule has 2 aliphatic heterocycles. The van der Waals surface area contributed by atoms with Gasteiger partial charge in [0.2, 0.25) is 5.91 Å². The van der Waals surface area contributed by atoms with E-state index in [2.05, 4.69) is 36.8 Å². The maximum absolute atomic E-state index is 12.8. The molecule has 0 unspecified atom stereocenters. The first-order valence-electron chi connectivity index (χ1n) is 11.2. The molecule has 0 spiro atoms. The Morgan fingerprint density at radius 2 is 1.77 bits per heavy atom. The molecule has 2 saturated heterocycles. The molecule has 0 radical (unpaired) electrons. The number of methoxy groups -OCH3 is 1. The summed E-state index contributed by atoms with van der Waals surface area (Å²) in [6.07, 6.45) is 3.32. The van der Waals surface area contributed by atoms with E-state index in [1.54, 1.807) is 36.3 Å². The van der Waals surface area contributed by atoms with Gasteiger partial charge in [-0.15, -0.1) is 0 Å². The maximum Gasteiger partial charge on any atom is 0.292 e. The van der Waals surface area contributed by atoms with E-state index in [9.17, 15) is 14.9 Å². The van der Waals surface area contributed by atoms with Gasteiger partial charge in [-0.1, -0.05) is 15.9 Å². The van der Waals surface area contributed by atoms with Crippen LogP contribution in [-0.4, -0.2) is 75.3 Å². The zero-order valence-corrected chi connectivity index (χ0v) is 22.5. The number of nitrogens with zero attached hydrogens (tertiary/aromatic N) is 4. The molecule has 4 rings (SSSR count). The Morgan fingerprint density at radius 1 is 1.06 bits per heavy atom. The fourth-order valence-corrected chi connectivity index (χ4v) is 5.71. The number of halogens is 2. The molecule has 0 N–H and O–H groups in total. The van der Waals surface area contributed by atoms with Gasteiger partial charge in [-0.25, -0.2) is 0 Å². The van der Waals surface area contributed by atoms with Crippen molar-refractivity contribution in [3.05, 3.63) is 61.0 Å². The smallest absolute Gasteiger partial charge is 0.292 e. The lowest BCUT2D eigenvalue weighted by molar-refractivity contribution is -0.384. The van der Waals surface area contributed by atoms with Gasteiger partial charge in [0.25, 0.3) is 5.69 Å². The highest BCUT2D eigenvalue weighted by atomic mass is 79.9. The molecule has 2 heterocycles. The van der Waals surface area contributed by atoms with Gasteiger partial charge in [0.1, 0.15) is 11.4 Å². The van der Waals surface area contributed by atoms with Crippen molar-refractivity contribution in [3.8, 4) is 5.75 Å². The molecule has 2 fully saturated rings. The van der Waals surface area contributed by atoms with Crippen LogP contribution in [0.2, 0.25) is 0 Å². The molecular formula is C24H26Br2N4O5. The molecule has 11 heteroatoms. The van der Waals surface area contributed by atoms with Crippen LogP contribution in [-0.2, 0) is 9.53 Å². The minimum Gasteiger partial charge on any atom is -0.495 e. The number of rotatable bonds is 6. The summed E-state index contributed by atoms with van der Waals surface area (Å²) in [5, 5.41) is 11.6. The van der Waals surface area contributed by atoms with E-state index >= 15 is 0 Å². The number of hydrogen-bond acceptors (Lipinski definition) is 7. The maximum atomic E-state index is 12.8. The molecule has 0 aliphatic carbocycles. The first kappa shape index (κ1) is 25.5. The predicted octanol–water partition coefficient (Wildman–Crippen LogP) is 4.33. The third-order valence-corrected chi connectivity index (χ3v) is 7.16. The van der Waals surface area contributed by atoms with Gasteiger partial charge in [-0.3, -0.25) is 14.9 Å². The van der Waals surface area contributed by atoms with Crippen molar-refractivity contribution in [1.29, 1.82) is 0 Å². The fourth-order valence-electron chi connectivity index (χ4n) is 4.29. The van der Waals surface area contributed by atoms with Crippen LogP contribution >= 0.6 is 31.9 Å². The minimum atomic E-state index is -0.337. The molecule has 186 valence electrons. The lowest BCUT2D eigenvalue weighted by atomic mass is 10.1. The Balaban J connectivity index is 1.43. The van der Waals surface area contributed by atoms with Gasteiger partial charge in [0.15, 0.2) is 0 Å². The van der Waals surface area contributed by atoms with Crippen molar-refractivity contribution in [3.63, 3.8) is 0 Å². The molecule has 9 nitrogen and oxygen atoms in total. The zero-order valence-electron chi connectivity index (χ0n) is 19.3. The van der Waals surface area contributed by atoms with E-state index in [-0.39, 0.29) is 16.5 Å². The standard InChI is InChI=1S/C24H26Br2N4O5/c1-34-24-17(14-18(25)15-20(24)26)2-5-23(31)29-8-6-27(7-9-29)19-3-4-21(30(32)33)22(16-19)28-10-12-35-13-11-28/h2-5,14-16H,6-13H2,1H3/b5-2+. The third-order valence-electron chi connectivity index (χ3n) is 6.11. The Labute approximate surface area is 220 Å². The number of morpholine rings is 1. The monoisotopic (exact) mass is 608 g/mol. The first-order chi connectivity index (χ1) is 16.9. The third kappa shape index (κ3) is 5.96. The minimum absolute atomic E-state index is 0.0690. The van der Waals surface area contributed by atoms with E-state index in [1.165, 1.54) is 0 Å². The summed E-state index contributed by atoms with van der Waals surface area (Å²) in [4.78, 5) is 30.0. The normalized spacial score (nSPS) is 16.6. The molecule has 2 aromatic carbocycles. The first-order valence-corrected chi connectivity index (χ1v) is 12.8. The number of nitro benzene ring substituents is 1. The number of amides is 1. The average molecular weight is 610 g/mol. The van der Waals surface area contributed by atoms with Crippen LogP contribution in [0.5, 0.6) is 5.75 Å². The van der Waals surface area contributed by atoms with Crippen LogP contribution < -0.4 is 14.5 Å². The van der Waals surface area contributed by atoms with Gasteiger partial charge in [0.05, 0.1) is 29.7 Å². The summed E-state index contributed by atoms with van der Waals surface area (Å²) in [7, 11) is 1.59. The van der Waals surface area contributed by atoms with Crippen LogP contribution in [0.25, 0.3) is 6.08 Å². The number of piperazine rings is 1. The van der Waals surface area contributed by atoms with Crippen molar-refractivity contribution >= 4 is 60.9 Å². The van der Waals surface area contributed by atoms with Crippen molar-refractivity contribution in [2.45, 2.75) is 0 Å². The van der Waals surface area contributed by atoms with Gasteiger partial charge in [-0.2, -0.15) is 0 Å². The highest BCUT2D eigenvalue weighted by Gasteiger charge is 2.25.